The molecule has 2 aliphatic carbocycles. The van der Waals surface area contributed by atoms with Crippen LogP contribution in [0.2, 0.25) is 0 Å². The smallest absolute Gasteiger partial charge is 0.141 e. The molecule has 3 aliphatic rings. The number of carbonyl (C=O) groups is 1. The summed E-state index contributed by atoms with van der Waals surface area (Å²) in [7, 11) is 0. The van der Waals surface area contributed by atoms with Crippen molar-refractivity contribution in [3.63, 3.8) is 0 Å². The normalized spacial score (nSPS) is 41.1. The molecule has 1 heterocycles. The van der Waals surface area contributed by atoms with E-state index in [1.807, 2.05) is 0 Å². The number of piperidine rings is 1. The van der Waals surface area contributed by atoms with Gasteiger partial charge in [0, 0.05) is 18.4 Å². The number of hydrogen-bond acceptors (Lipinski definition) is 2. The SMILES string of the molecule is CC1(C)[C@@H]2CC[C@@]1(CN1CCCCC1)C(=O)C2. The van der Waals surface area contributed by atoms with Gasteiger partial charge in [0.05, 0.1) is 0 Å². The fraction of sp³-hybridized carbons (Fsp3) is 0.933. The van der Waals surface area contributed by atoms with Crippen molar-refractivity contribution in [2.75, 3.05) is 19.6 Å². The lowest BCUT2D eigenvalue weighted by molar-refractivity contribution is -0.131. The summed E-state index contributed by atoms with van der Waals surface area (Å²) >= 11 is 0. The van der Waals surface area contributed by atoms with E-state index in [4.69, 9.17) is 0 Å². The molecular formula is C15H25NO. The standard InChI is InChI=1S/C15H25NO/c1-14(2)12-6-7-15(14,13(17)10-12)11-16-8-4-3-5-9-16/h12H,3-11H2,1-2H3/t12-,15-/m1/s1. The van der Waals surface area contributed by atoms with Crippen molar-refractivity contribution >= 4 is 5.78 Å². The molecule has 3 rings (SSSR count). The largest absolute Gasteiger partial charge is 0.302 e. The van der Waals surface area contributed by atoms with Crippen LogP contribution in [0.15, 0.2) is 0 Å². The lowest BCUT2D eigenvalue weighted by Crippen LogP contribution is -2.47. The van der Waals surface area contributed by atoms with Crippen LogP contribution in [0.3, 0.4) is 0 Å². The van der Waals surface area contributed by atoms with Crippen LogP contribution in [0.4, 0.5) is 0 Å². The highest BCUT2D eigenvalue weighted by atomic mass is 16.1. The maximum atomic E-state index is 12.4. The highest BCUT2D eigenvalue weighted by molar-refractivity contribution is 5.90. The summed E-state index contributed by atoms with van der Waals surface area (Å²) in [5, 5.41) is 0. The van der Waals surface area contributed by atoms with Crippen molar-refractivity contribution in [3.8, 4) is 0 Å². The van der Waals surface area contributed by atoms with E-state index in [1.165, 1.54) is 38.8 Å². The molecule has 0 spiro atoms. The van der Waals surface area contributed by atoms with Gasteiger partial charge in [0.2, 0.25) is 0 Å². The summed E-state index contributed by atoms with van der Waals surface area (Å²) in [5.74, 6) is 1.24. The molecule has 0 N–H and O–H groups in total. The summed E-state index contributed by atoms with van der Waals surface area (Å²) in [6.45, 7) is 8.18. The first-order valence-electron chi connectivity index (χ1n) is 7.32. The van der Waals surface area contributed by atoms with Crippen LogP contribution in [0.1, 0.15) is 52.4 Å². The second-order valence-electron chi connectivity index (χ2n) is 7.00. The Labute approximate surface area is 105 Å². The summed E-state index contributed by atoms with van der Waals surface area (Å²) in [5.41, 5.74) is 0.260. The predicted molar refractivity (Wildman–Crippen MR) is 68.9 cm³/mol. The minimum atomic E-state index is 0.00894. The maximum Gasteiger partial charge on any atom is 0.141 e. The highest BCUT2D eigenvalue weighted by Crippen LogP contribution is 2.64. The van der Waals surface area contributed by atoms with Crippen molar-refractivity contribution in [3.05, 3.63) is 0 Å². The molecule has 0 unspecified atom stereocenters. The highest BCUT2D eigenvalue weighted by Gasteiger charge is 2.64. The third-order valence-corrected chi connectivity index (χ3v) is 6.08. The second kappa shape index (κ2) is 3.81. The van der Waals surface area contributed by atoms with Crippen LogP contribution >= 0.6 is 0 Å². The third-order valence-electron chi connectivity index (χ3n) is 6.08. The van der Waals surface area contributed by atoms with Crippen molar-refractivity contribution < 1.29 is 4.79 Å². The molecule has 0 aromatic carbocycles. The Balaban J connectivity index is 1.81. The molecule has 2 bridgehead atoms. The fourth-order valence-corrected chi connectivity index (χ4v) is 4.64. The number of rotatable bonds is 2. The first-order chi connectivity index (χ1) is 8.06. The van der Waals surface area contributed by atoms with E-state index in [-0.39, 0.29) is 10.8 Å². The molecule has 0 radical (unpaired) electrons. The van der Waals surface area contributed by atoms with Gasteiger partial charge in [-0.15, -0.1) is 0 Å². The second-order valence-corrected chi connectivity index (χ2v) is 7.00. The van der Waals surface area contributed by atoms with Gasteiger partial charge in [-0.2, -0.15) is 0 Å². The number of likely N-dealkylation sites (tertiary alicyclic amines) is 1. The zero-order valence-electron chi connectivity index (χ0n) is 11.3. The number of Topliss-reactive ketones (excluding diaryl/α,β-unsaturated/α-hetero) is 1. The number of fused-ring (bicyclic) bond motifs is 2. The lowest BCUT2D eigenvalue weighted by atomic mass is 9.68. The Kier molecular flexibility index (Phi) is 2.62. The first-order valence-corrected chi connectivity index (χ1v) is 7.32. The van der Waals surface area contributed by atoms with Gasteiger partial charge >= 0.3 is 0 Å². The molecule has 0 aromatic heterocycles. The maximum absolute atomic E-state index is 12.4. The molecule has 96 valence electrons. The van der Waals surface area contributed by atoms with Gasteiger partial charge in [-0.3, -0.25) is 4.79 Å². The predicted octanol–water partition coefficient (Wildman–Crippen LogP) is 2.87. The minimum absolute atomic E-state index is 0.00894. The lowest BCUT2D eigenvalue weighted by Gasteiger charge is -2.41. The van der Waals surface area contributed by atoms with E-state index in [0.717, 1.165) is 19.4 Å². The summed E-state index contributed by atoms with van der Waals surface area (Å²) in [4.78, 5) is 15.0. The van der Waals surface area contributed by atoms with Gasteiger partial charge < -0.3 is 4.90 Å². The van der Waals surface area contributed by atoms with Crippen molar-refractivity contribution in [2.45, 2.75) is 52.4 Å². The van der Waals surface area contributed by atoms with Crippen LogP contribution in [0, 0.1) is 16.7 Å². The minimum Gasteiger partial charge on any atom is -0.302 e. The van der Waals surface area contributed by atoms with E-state index >= 15 is 0 Å². The number of nitrogens with zero attached hydrogens (tertiary/aromatic N) is 1. The van der Waals surface area contributed by atoms with Crippen molar-refractivity contribution in [1.29, 1.82) is 0 Å². The Morgan fingerprint density at radius 3 is 2.47 bits per heavy atom. The van der Waals surface area contributed by atoms with E-state index in [0.29, 0.717) is 11.7 Å². The van der Waals surface area contributed by atoms with Gasteiger partial charge in [-0.1, -0.05) is 20.3 Å². The Bertz CT molecular complexity index is 330. The Morgan fingerprint density at radius 1 is 1.24 bits per heavy atom. The number of ketones is 1. The van der Waals surface area contributed by atoms with Crippen LogP contribution in [0.5, 0.6) is 0 Å². The molecule has 2 heteroatoms. The summed E-state index contributed by atoms with van der Waals surface area (Å²) < 4.78 is 0. The average Bonchev–Trinajstić information content (AvgIpc) is 2.64. The van der Waals surface area contributed by atoms with Crippen molar-refractivity contribution in [1.82, 2.24) is 4.90 Å². The molecule has 2 atom stereocenters. The van der Waals surface area contributed by atoms with Gasteiger partial charge in [0.25, 0.3) is 0 Å². The van der Waals surface area contributed by atoms with Gasteiger partial charge in [-0.05, 0) is 50.1 Å². The Hall–Kier alpha value is -0.370. The molecule has 0 amide bonds. The van der Waals surface area contributed by atoms with E-state index in [9.17, 15) is 4.79 Å². The van der Waals surface area contributed by atoms with Crippen LogP contribution in [-0.2, 0) is 4.79 Å². The molecule has 1 saturated heterocycles. The molecule has 1 aliphatic heterocycles. The quantitative estimate of drug-likeness (QED) is 0.733. The zero-order chi connectivity index (χ0) is 12.1. The summed E-state index contributed by atoms with van der Waals surface area (Å²) in [6, 6.07) is 0. The molecular weight excluding hydrogens is 210 g/mol. The van der Waals surface area contributed by atoms with E-state index < -0.39 is 0 Å². The molecule has 0 aromatic rings. The number of carbonyl (C=O) groups excluding carboxylic acids is 1. The van der Waals surface area contributed by atoms with Gasteiger partial charge in [0.1, 0.15) is 5.78 Å². The Morgan fingerprint density at radius 2 is 1.94 bits per heavy atom. The van der Waals surface area contributed by atoms with Crippen LogP contribution in [-0.4, -0.2) is 30.3 Å². The van der Waals surface area contributed by atoms with Crippen LogP contribution < -0.4 is 0 Å². The first kappa shape index (κ1) is 11.7. The molecule has 2 saturated carbocycles. The summed E-state index contributed by atoms with van der Waals surface area (Å²) in [6.07, 6.45) is 7.33. The monoisotopic (exact) mass is 235 g/mol. The molecule has 2 nitrogen and oxygen atoms in total. The van der Waals surface area contributed by atoms with Gasteiger partial charge in [0.15, 0.2) is 0 Å². The fourth-order valence-electron chi connectivity index (χ4n) is 4.64. The van der Waals surface area contributed by atoms with E-state index in [1.54, 1.807) is 0 Å². The number of hydrogen-bond donors (Lipinski definition) is 0. The average molecular weight is 235 g/mol. The van der Waals surface area contributed by atoms with E-state index in [2.05, 4.69) is 18.7 Å². The topological polar surface area (TPSA) is 20.3 Å². The zero-order valence-corrected chi connectivity index (χ0v) is 11.3. The van der Waals surface area contributed by atoms with Crippen molar-refractivity contribution in [2.24, 2.45) is 16.7 Å². The van der Waals surface area contributed by atoms with Crippen LogP contribution in [0.25, 0.3) is 0 Å². The van der Waals surface area contributed by atoms with Gasteiger partial charge in [-0.25, -0.2) is 0 Å². The molecule has 3 fully saturated rings. The third kappa shape index (κ3) is 1.53. The molecule has 17 heavy (non-hydrogen) atoms.